The van der Waals surface area contributed by atoms with E-state index in [1.54, 1.807) is 14.2 Å². The van der Waals surface area contributed by atoms with Gasteiger partial charge < -0.3 is 20.1 Å². The molecular weight excluding hydrogens is 378 g/mol. The lowest BCUT2D eigenvalue weighted by Crippen LogP contribution is -2.41. The highest BCUT2D eigenvalue weighted by atomic mass is 16.5. The Labute approximate surface area is 177 Å². The number of carbonyl (C=O) groups excluding carboxylic acids is 1. The molecule has 2 N–H and O–H groups in total. The van der Waals surface area contributed by atoms with Crippen molar-refractivity contribution >= 4 is 22.4 Å². The van der Waals surface area contributed by atoms with Crippen molar-refractivity contribution in [1.29, 1.82) is 0 Å². The first-order valence-corrected chi connectivity index (χ1v) is 10.1. The molecular formula is C24H29N3O3. The number of carbonyl (C=O) groups is 1. The van der Waals surface area contributed by atoms with Crippen LogP contribution >= 0.6 is 0 Å². The van der Waals surface area contributed by atoms with E-state index in [9.17, 15) is 4.79 Å². The molecule has 158 valence electrons. The van der Waals surface area contributed by atoms with Crippen molar-refractivity contribution in [3.8, 4) is 11.5 Å². The number of pyridine rings is 1. The Morgan fingerprint density at radius 3 is 2.50 bits per heavy atom. The van der Waals surface area contributed by atoms with E-state index in [-0.39, 0.29) is 18.0 Å². The van der Waals surface area contributed by atoms with Crippen LogP contribution in [0.25, 0.3) is 10.8 Å². The van der Waals surface area contributed by atoms with Crippen LogP contribution in [0, 0.1) is 0 Å². The Morgan fingerprint density at radius 1 is 1.03 bits per heavy atom. The van der Waals surface area contributed by atoms with Gasteiger partial charge in [-0.25, -0.2) is 0 Å². The number of hydrogen-bond acceptors (Lipinski definition) is 5. The quantitative estimate of drug-likeness (QED) is 0.586. The SMILES string of the molecule is COc1ccc(Cc2nccc3ccccc23)c(NC(=O)C(C)NC(C)C)c1OC. The molecule has 0 aliphatic heterocycles. The average Bonchev–Trinajstić information content (AvgIpc) is 2.74. The van der Waals surface area contributed by atoms with Crippen LogP contribution < -0.4 is 20.1 Å². The Hall–Kier alpha value is -3.12. The minimum absolute atomic E-state index is 0.137. The Kier molecular flexibility index (Phi) is 6.90. The van der Waals surface area contributed by atoms with Crippen molar-refractivity contribution in [2.24, 2.45) is 0 Å². The zero-order valence-electron chi connectivity index (χ0n) is 18.2. The number of nitrogens with zero attached hydrogens (tertiary/aromatic N) is 1. The zero-order chi connectivity index (χ0) is 21.7. The van der Waals surface area contributed by atoms with E-state index in [0.717, 1.165) is 22.0 Å². The maximum atomic E-state index is 12.8. The van der Waals surface area contributed by atoms with E-state index in [0.29, 0.717) is 23.6 Å². The molecule has 3 rings (SSSR count). The second kappa shape index (κ2) is 9.59. The predicted molar refractivity (Wildman–Crippen MR) is 120 cm³/mol. The van der Waals surface area contributed by atoms with Gasteiger partial charge in [-0.05, 0) is 30.0 Å². The molecule has 0 fully saturated rings. The second-order valence-corrected chi connectivity index (χ2v) is 7.52. The number of rotatable bonds is 8. The monoisotopic (exact) mass is 407 g/mol. The van der Waals surface area contributed by atoms with Gasteiger partial charge in [-0.1, -0.05) is 44.2 Å². The number of methoxy groups -OCH3 is 2. The average molecular weight is 408 g/mol. The summed E-state index contributed by atoms with van der Waals surface area (Å²) in [6, 6.07) is 13.8. The molecule has 6 heteroatoms. The summed E-state index contributed by atoms with van der Waals surface area (Å²) in [6.07, 6.45) is 2.36. The van der Waals surface area contributed by atoms with Gasteiger partial charge in [0, 0.05) is 24.0 Å². The van der Waals surface area contributed by atoms with Crippen LogP contribution in [0.1, 0.15) is 32.0 Å². The number of benzene rings is 2. The summed E-state index contributed by atoms with van der Waals surface area (Å²) in [7, 11) is 3.15. The Bertz CT molecular complexity index is 1030. The van der Waals surface area contributed by atoms with Gasteiger partial charge in [0.1, 0.15) is 0 Å². The number of hydrogen-bond donors (Lipinski definition) is 2. The van der Waals surface area contributed by atoms with Crippen molar-refractivity contribution in [1.82, 2.24) is 10.3 Å². The van der Waals surface area contributed by atoms with Crippen LogP contribution in [0.2, 0.25) is 0 Å². The first-order valence-electron chi connectivity index (χ1n) is 10.1. The lowest BCUT2D eigenvalue weighted by atomic mass is 10.0. The summed E-state index contributed by atoms with van der Waals surface area (Å²) in [6.45, 7) is 5.86. The number of amides is 1. The highest BCUT2D eigenvalue weighted by Gasteiger charge is 2.21. The third-order valence-corrected chi connectivity index (χ3v) is 4.97. The van der Waals surface area contributed by atoms with Crippen molar-refractivity contribution in [3.63, 3.8) is 0 Å². The molecule has 0 aliphatic rings. The van der Waals surface area contributed by atoms with Gasteiger partial charge in [0.2, 0.25) is 5.91 Å². The van der Waals surface area contributed by atoms with E-state index < -0.39 is 0 Å². The summed E-state index contributed by atoms with van der Waals surface area (Å²) in [5, 5.41) is 8.48. The van der Waals surface area contributed by atoms with Gasteiger partial charge >= 0.3 is 0 Å². The van der Waals surface area contributed by atoms with Crippen molar-refractivity contribution in [3.05, 3.63) is 59.9 Å². The van der Waals surface area contributed by atoms with Gasteiger partial charge in [-0.2, -0.15) is 0 Å². The molecule has 0 saturated carbocycles. The fraction of sp³-hybridized carbons (Fsp3) is 0.333. The first kappa shape index (κ1) is 21.6. The summed E-state index contributed by atoms with van der Waals surface area (Å²) in [5.41, 5.74) is 2.44. The molecule has 1 heterocycles. The zero-order valence-corrected chi connectivity index (χ0v) is 18.2. The van der Waals surface area contributed by atoms with Gasteiger partial charge in [0.05, 0.1) is 31.6 Å². The molecule has 0 spiro atoms. The first-order chi connectivity index (χ1) is 14.4. The van der Waals surface area contributed by atoms with Crippen LogP contribution in [0.15, 0.2) is 48.7 Å². The number of ether oxygens (including phenoxy) is 2. The second-order valence-electron chi connectivity index (χ2n) is 7.52. The van der Waals surface area contributed by atoms with Crippen LogP contribution in [0.3, 0.4) is 0 Å². The van der Waals surface area contributed by atoms with Crippen molar-refractivity contribution < 1.29 is 14.3 Å². The number of aromatic nitrogens is 1. The van der Waals surface area contributed by atoms with E-state index in [1.807, 2.05) is 57.3 Å². The molecule has 6 nitrogen and oxygen atoms in total. The summed E-state index contributed by atoms with van der Waals surface area (Å²) in [5.74, 6) is 0.926. The maximum Gasteiger partial charge on any atom is 0.241 e. The third kappa shape index (κ3) is 4.71. The van der Waals surface area contributed by atoms with Gasteiger partial charge in [0.15, 0.2) is 11.5 Å². The standard InChI is InChI=1S/C24H29N3O3/c1-15(2)26-16(3)24(28)27-22-18(10-11-21(29-4)23(22)30-5)14-20-19-9-7-6-8-17(19)12-13-25-20/h6-13,15-16,26H,14H2,1-5H3,(H,27,28). The highest BCUT2D eigenvalue weighted by molar-refractivity contribution is 5.97. The lowest BCUT2D eigenvalue weighted by Gasteiger charge is -2.21. The third-order valence-electron chi connectivity index (χ3n) is 4.97. The molecule has 1 unspecified atom stereocenters. The van der Waals surface area contributed by atoms with Crippen LogP contribution in [-0.2, 0) is 11.2 Å². The van der Waals surface area contributed by atoms with Gasteiger partial charge in [-0.15, -0.1) is 0 Å². The summed E-state index contributed by atoms with van der Waals surface area (Å²) < 4.78 is 11.1. The van der Waals surface area contributed by atoms with Crippen molar-refractivity contribution in [2.45, 2.75) is 39.3 Å². The van der Waals surface area contributed by atoms with Crippen molar-refractivity contribution in [2.75, 3.05) is 19.5 Å². The molecule has 0 radical (unpaired) electrons. The topological polar surface area (TPSA) is 72.5 Å². The number of nitrogens with one attached hydrogen (secondary N) is 2. The normalized spacial score (nSPS) is 12.1. The summed E-state index contributed by atoms with van der Waals surface area (Å²) >= 11 is 0. The molecule has 0 bridgehead atoms. The molecule has 30 heavy (non-hydrogen) atoms. The lowest BCUT2D eigenvalue weighted by molar-refractivity contribution is -0.117. The van der Waals surface area contributed by atoms with Gasteiger partial charge in [0.25, 0.3) is 0 Å². The minimum Gasteiger partial charge on any atom is -0.493 e. The number of fused-ring (bicyclic) bond motifs is 1. The molecule has 2 aromatic carbocycles. The molecule has 1 aromatic heterocycles. The molecule has 3 aromatic rings. The minimum atomic E-state index is -0.357. The Morgan fingerprint density at radius 2 is 1.80 bits per heavy atom. The molecule has 0 aliphatic carbocycles. The van der Waals surface area contributed by atoms with E-state index in [4.69, 9.17) is 9.47 Å². The van der Waals surface area contributed by atoms with E-state index in [2.05, 4.69) is 27.8 Å². The number of anilines is 1. The van der Waals surface area contributed by atoms with Crippen LogP contribution in [0.5, 0.6) is 11.5 Å². The largest absolute Gasteiger partial charge is 0.493 e. The maximum absolute atomic E-state index is 12.8. The molecule has 1 amide bonds. The molecule has 1 atom stereocenters. The highest BCUT2D eigenvalue weighted by Crippen LogP contribution is 2.39. The fourth-order valence-corrected chi connectivity index (χ4v) is 3.56. The Balaban J connectivity index is 2.02. The summed E-state index contributed by atoms with van der Waals surface area (Å²) in [4.78, 5) is 17.4. The van der Waals surface area contributed by atoms with Gasteiger partial charge in [-0.3, -0.25) is 9.78 Å². The smallest absolute Gasteiger partial charge is 0.241 e. The fourth-order valence-electron chi connectivity index (χ4n) is 3.56. The predicted octanol–water partition coefficient (Wildman–Crippen LogP) is 4.17. The van der Waals surface area contributed by atoms with E-state index >= 15 is 0 Å². The van der Waals surface area contributed by atoms with E-state index in [1.165, 1.54) is 0 Å². The van der Waals surface area contributed by atoms with Crippen LogP contribution in [-0.4, -0.2) is 37.2 Å². The molecule has 0 saturated heterocycles. The van der Waals surface area contributed by atoms with Crippen LogP contribution in [0.4, 0.5) is 5.69 Å².